The third-order valence-corrected chi connectivity index (χ3v) is 1.89. The normalized spacial score (nSPS) is 10.5. The first kappa shape index (κ1) is 7.98. The van der Waals surface area contributed by atoms with E-state index in [0.29, 0.717) is 11.5 Å². The molecule has 0 saturated carbocycles. The monoisotopic (exact) mass is 175 g/mol. The molecule has 0 radical (unpaired) electrons. The van der Waals surface area contributed by atoms with E-state index in [1.807, 2.05) is 6.92 Å². The summed E-state index contributed by atoms with van der Waals surface area (Å²) in [5, 5.41) is 0. The SMILES string of the molecule is CCc1nc2cc(C=O)ccc2o1. The van der Waals surface area contributed by atoms with Crippen molar-refractivity contribution in [1.29, 1.82) is 0 Å². The molecule has 2 rings (SSSR count). The second kappa shape index (κ2) is 3.01. The number of hydrogen-bond acceptors (Lipinski definition) is 3. The van der Waals surface area contributed by atoms with Gasteiger partial charge in [0.15, 0.2) is 11.5 Å². The predicted octanol–water partition coefficient (Wildman–Crippen LogP) is 2.20. The van der Waals surface area contributed by atoms with Crippen LogP contribution in [-0.4, -0.2) is 11.3 Å². The van der Waals surface area contributed by atoms with E-state index < -0.39 is 0 Å². The average Bonchev–Trinajstić information content (AvgIpc) is 2.58. The molecule has 1 heterocycles. The number of aldehydes is 1. The Morgan fingerprint density at radius 2 is 2.38 bits per heavy atom. The van der Waals surface area contributed by atoms with Gasteiger partial charge in [0.25, 0.3) is 0 Å². The van der Waals surface area contributed by atoms with Gasteiger partial charge in [0.1, 0.15) is 11.8 Å². The number of oxazole rings is 1. The molecule has 0 spiro atoms. The molecular formula is C10H9NO2. The van der Waals surface area contributed by atoms with Crippen LogP contribution in [0.4, 0.5) is 0 Å². The van der Waals surface area contributed by atoms with Gasteiger partial charge in [-0.25, -0.2) is 4.98 Å². The second-order valence-corrected chi connectivity index (χ2v) is 2.81. The molecular weight excluding hydrogens is 166 g/mol. The van der Waals surface area contributed by atoms with Gasteiger partial charge < -0.3 is 4.42 Å². The van der Waals surface area contributed by atoms with E-state index in [1.54, 1.807) is 18.2 Å². The van der Waals surface area contributed by atoms with Crippen LogP contribution in [-0.2, 0) is 6.42 Å². The molecule has 3 heteroatoms. The lowest BCUT2D eigenvalue weighted by Crippen LogP contribution is -1.78. The summed E-state index contributed by atoms with van der Waals surface area (Å²) in [6.07, 6.45) is 1.57. The smallest absolute Gasteiger partial charge is 0.195 e. The van der Waals surface area contributed by atoms with Gasteiger partial charge in [-0.2, -0.15) is 0 Å². The molecule has 0 N–H and O–H groups in total. The number of carbonyl (C=O) groups excluding carboxylic acids is 1. The Morgan fingerprint density at radius 1 is 1.54 bits per heavy atom. The van der Waals surface area contributed by atoms with Crippen molar-refractivity contribution >= 4 is 17.4 Å². The minimum atomic E-state index is 0.628. The fourth-order valence-corrected chi connectivity index (χ4v) is 1.22. The van der Waals surface area contributed by atoms with E-state index in [-0.39, 0.29) is 0 Å². The first-order chi connectivity index (χ1) is 6.33. The molecule has 1 aromatic carbocycles. The fraction of sp³-hybridized carbons (Fsp3) is 0.200. The van der Waals surface area contributed by atoms with E-state index in [9.17, 15) is 4.79 Å². The Morgan fingerprint density at radius 3 is 3.08 bits per heavy atom. The van der Waals surface area contributed by atoms with Crippen LogP contribution in [0.25, 0.3) is 11.1 Å². The fourth-order valence-electron chi connectivity index (χ4n) is 1.22. The summed E-state index contributed by atoms with van der Waals surface area (Å²) in [5.74, 6) is 0.707. The van der Waals surface area contributed by atoms with Gasteiger partial charge in [-0.3, -0.25) is 4.79 Å². The average molecular weight is 175 g/mol. The van der Waals surface area contributed by atoms with Crippen molar-refractivity contribution < 1.29 is 9.21 Å². The Bertz CT molecular complexity index is 445. The third-order valence-electron chi connectivity index (χ3n) is 1.89. The number of aromatic nitrogens is 1. The number of carbonyl (C=O) groups is 1. The van der Waals surface area contributed by atoms with Crippen molar-refractivity contribution in [2.24, 2.45) is 0 Å². The van der Waals surface area contributed by atoms with Gasteiger partial charge >= 0.3 is 0 Å². The number of rotatable bonds is 2. The van der Waals surface area contributed by atoms with Crippen molar-refractivity contribution in [2.75, 3.05) is 0 Å². The summed E-state index contributed by atoms with van der Waals surface area (Å²) < 4.78 is 5.39. The van der Waals surface area contributed by atoms with Crippen molar-refractivity contribution in [2.45, 2.75) is 13.3 Å². The van der Waals surface area contributed by atoms with Crippen molar-refractivity contribution in [1.82, 2.24) is 4.98 Å². The van der Waals surface area contributed by atoms with Crippen molar-refractivity contribution in [3.63, 3.8) is 0 Å². The highest BCUT2D eigenvalue weighted by atomic mass is 16.3. The maximum Gasteiger partial charge on any atom is 0.195 e. The summed E-state index contributed by atoms with van der Waals surface area (Å²) in [5.41, 5.74) is 2.12. The molecule has 0 saturated heterocycles. The van der Waals surface area contributed by atoms with Gasteiger partial charge in [-0.05, 0) is 18.2 Å². The van der Waals surface area contributed by atoms with Gasteiger partial charge in [0.05, 0.1) is 0 Å². The zero-order valence-electron chi connectivity index (χ0n) is 7.28. The topological polar surface area (TPSA) is 43.1 Å². The molecule has 0 unspecified atom stereocenters. The number of nitrogens with zero attached hydrogens (tertiary/aromatic N) is 1. The van der Waals surface area contributed by atoms with Crippen LogP contribution in [0.2, 0.25) is 0 Å². The lowest BCUT2D eigenvalue weighted by molar-refractivity contribution is 0.112. The zero-order chi connectivity index (χ0) is 9.26. The largest absolute Gasteiger partial charge is 0.441 e. The molecule has 0 atom stereocenters. The summed E-state index contributed by atoms with van der Waals surface area (Å²) in [6, 6.07) is 5.22. The first-order valence-electron chi connectivity index (χ1n) is 4.18. The Balaban J connectivity index is 2.63. The maximum atomic E-state index is 10.5. The number of fused-ring (bicyclic) bond motifs is 1. The number of benzene rings is 1. The molecule has 0 aliphatic carbocycles. The second-order valence-electron chi connectivity index (χ2n) is 2.81. The van der Waals surface area contributed by atoms with E-state index >= 15 is 0 Å². The summed E-state index contributed by atoms with van der Waals surface area (Å²) in [6.45, 7) is 1.98. The van der Waals surface area contributed by atoms with E-state index in [2.05, 4.69) is 4.98 Å². The molecule has 0 bridgehead atoms. The standard InChI is InChI=1S/C10H9NO2/c1-2-10-11-8-5-7(6-12)3-4-9(8)13-10/h3-6H,2H2,1H3. The Kier molecular flexibility index (Phi) is 1.85. The molecule has 0 fully saturated rings. The van der Waals surface area contributed by atoms with Gasteiger partial charge in [0.2, 0.25) is 0 Å². The van der Waals surface area contributed by atoms with Crippen LogP contribution in [0, 0.1) is 0 Å². The minimum Gasteiger partial charge on any atom is -0.441 e. The van der Waals surface area contributed by atoms with Crippen LogP contribution in [0.1, 0.15) is 23.2 Å². The first-order valence-corrected chi connectivity index (χ1v) is 4.18. The molecule has 2 aromatic rings. The van der Waals surface area contributed by atoms with Crippen LogP contribution >= 0.6 is 0 Å². The van der Waals surface area contributed by atoms with Gasteiger partial charge in [-0.15, -0.1) is 0 Å². The highest BCUT2D eigenvalue weighted by Crippen LogP contribution is 2.16. The molecule has 1 aromatic heterocycles. The highest BCUT2D eigenvalue weighted by Gasteiger charge is 2.03. The minimum absolute atomic E-state index is 0.628. The van der Waals surface area contributed by atoms with Crippen LogP contribution < -0.4 is 0 Å². The Labute approximate surface area is 75.4 Å². The quantitative estimate of drug-likeness (QED) is 0.657. The van der Waals surface area contributed by atoms with E-state index in [0.717, 1.165) is 23.8 Å². The lowest BCUT2D eigenvalue weighted by atomic mass is 10.2. The third kappa shape index (κ3) is 1.33. The lowest BCUT2D eigenvalue weighted by Gasteiger charge is -1.86. The molecule has 0 amide bonds. The van der Waals surface area contributed by atoms with E-state index in [4.69, 9.17) is 4.42 Å². The molecule has 0 aliphatic rings. The van der Waals surface area contributed by atoms with Crippen LogP contribution in [0.3, 0.4) is 0 Å². The van der Waals surface area contributed by atoms with Crippen molar-refractivity contribution in [3.05, 3.63) is 29.7 Å². The Hall–Kier alpha value is -1.64. The summed E-state index contributed by atoms with van der Waals surface area (Å²) in [7, 11) is 0. The summed E-state index contributed by atoms with van der Waals surface area (Å²) in [4.78, 5) is 14.7. The van der Waals surface area contributed by atoms with E-state index in [1.165, 1.54) is 0 Å². The molecule has 13 heavy (non-hydrogen) atoms. The molecule has 3 nitrogen and oxygen atoms in total. The molecule has 66 valence electrons. The molecule has 0 aliphatic heterocycles. The predicted molar refractivity (Wildman–Crippen MR) is 48.8 cm³/mol. The van der Waals surface area contributed by atoms with Crippen molar-refractivity contribution in [3.8, 4) is 0 Å². The maximum absolute atomic E-state index is 10.5. The zero-order valence-corrected chi connectivity index (χ0v) is 7.28. The van der Waals surface area contributed by atoms with Gasteiger partial charge in [0, 0.05) is 12.0 Å². The summed E-state index contributed by atoms with van der Waals surface area (Å²) >= 11 is 0. The number of aryl methyl sites for hydroxylation is 1. The van der Waals surface area contributed by atoms with Gasteiger partial charge in [-0.1, -0.05) is 6.92 Å². The highest BCUT2D eigenvalue weighted by molar-refractivity contribution is 5.83. The van der Waals surface area contributed by atoms with Crippen LogP contribution in [0.15, 0.2) is 22.6 Å². The van der Waals surface area contributed by atoms with Crippen LogP contribution in [0.5, 0.6) is 0 Å². The number of hydrogen-bond donors (Lipinski definition) is 0.